The van der Waals surface area contributed by atoms with Gasteiger partial charge >= 0.3 is 12.1 Å². The fourth-order valence-corrected chi connectivity index (χ4v) is 4.19. The second-order valence-electron chi connectivity index (χ2n) is 8.18. The molecule has 2 amide bonds. The van der Waals surface area contributed by atoms with Crippen LogP contribution in [0.5, 0.6) is 0 Å². The summed E-state index contributed by atoms with van der Waals surface area (Å²) < 4.78 is 5.50. The van der Waals surface area contributed by atoms with Crippen LogP contribution < -0.4 is 10.6 Å². The highest BCUT2D eigenvalue weighted by atomic mass is 16.5. The van der Waals surface area contributed by atoms with E-state index in [0.717, 1.165) is 22.3 Å². The van der Waals surface area contributed by atoms with Crippen molar-refractivity contribution in [3.8, 4) is 11.1 Å². The van der Waals surface area contributed by atoms with Crippen molar-refractivity contribution in [2.45, 2.75) is 37.6 Å². The maximum absolute atomic E-state index is 12.6. The van der Waals surface area contributed by atoms with Gasteiger partial charge in [-0.1, -0.05) is 53.7 Å². The smallest absolute Gasteiger partial charge is 0.407 e. The lowest BCUT2D eigenvalue weighted by Gasteiger charge is -2.19. The van der Waals surface area contributed by atoms with Crippen molar-refractivity contribution in [3.05, 3.63) is 65.5 Å². The van der Waals surface area contributed by atoms with Crippen LogP contribution in [-0.4, -0.2) is 62.9 Å². The molecule has 35 heavy (non-hydrogen) atoms. The van der Waals surface area contributed by atoms with E-state index in [2.05, 4.69) is 31.3 Å². The highest BCUT2D eigenvalue weighted by molar-refractivity contribution is 5.86. The van der Waals surface area contributed by atoms with Crippen LogP contribution in [-0.2, 0) is 20.7 Å². The fourth-order valence-electron chi connectivity index (χ4n) is 4.19. The number of carbonyl (C=O) groups is 3. The van der Waals surface area contributed by atoms with Crippen LogP contribution in [0.15, 0.2) is 48.5 Å². The van der Waals surface area contributed by atoms with Crippen molar-refractivity contribution in [1.82, 2.24) is 31.3 Å². The standard InChI is InChI=1S/C24H26N6O5/c31-22(32)12-11-20(23(33)25-13-5-10-21-27-29-30-28-21)26-24(34)35-14-19-17-8-3-1-6-15(17)16-7-2-4-9-18(16)19/h1-4,6-9,19-20H,5,10-14H2,(H,25,33)(H,26,34)(H,31,32)(H,27,28,29,30). The maximum Gasteiger partial charge on any atom is 0.407 e. The average Bonchev–Trinajstić information content (AvgIpc) is 3.49. The molecule has 11 heteroatoms. The lowest BCUT2D eigenvalue weighted by atomic mass is 9.98. The second kappa shape index (κ2) is 11.2. The van der Waals surface area contributed by atoms with Gasteiger partial charge in [0.25, 0.3) is 0 Å². The largest absolute Gasteiger partial charge is 0.481 e. The summed E-state index contributed by atoms with van der Waals surface area (Å²) in [5.41, 5.74) is 4.36. The lowest BCUT2D eigenvalue weighted by molar-refractivity contribution is -0.137. The van der Waals surface area contributed by atoms with Gasteiger partial charge in [0.15, 0.2) is 5.82 Å². The summed E-state index contributed by atoms with van der Waals surface area (Å²) in [7, 11) is 0. The SMILES string of the molecule is O=C(O)CCC(NC(=O)OCC1c2ccccc2-c2ccccc21)C(=O)NCCCc1nn[nH]n1. The monoisotopic (exact) mass is 478 g/mol. The quantitative estimate of drug-likeness (QED) is 0.305. The molecule has 4 rings (SSSR count). The Morgan fingerprint density at radius 2 is 1.74 bits per heavy atom. The predicted octanol–water partition coefficient (Wildman–Crippen LogP) is 2.02. The van der Waals surface area contributed by atoms with Gasteiger partial charge in [0, 0.05) is 25.3 Å². The molecule has 3 aromatic rings. The third-order valence-corrected chi connectivity index (χ3v) is 5.86. The number of rotatable bonds is 11. The number of H-pyrrole nitrogens is 1. The summed E-state index contributed by atoms with van der Waals surface area (Å²) in [6.07, 6.45) is -0.0387. The molecule has 1 heterocycles. The number of benzene rings is 2. The number of aryl methyl sites for hydroxylation is 1. The molecular weight excluding hydrogens is 452 g/mol. The molecule has 0 saturated heterocycles. The zero-order chi connectivity index (χ0) is 24.6. The number of amides is 2. The molecule has 0 bridgehead atoms. The first-order chi connectivity index (χ1) is 17.0. The minimum absolute atomic E-state index is 0.0593. The first-order valence-corrected chi connectivity index (χ1v) is 11.4. The number of aromatic nitrogens is 4. The number of ether oxygens (including phenoxy) is 1. The topological polar surface area (TPSA) is 159 Å². The number of nitrogens with zero attached hydrogens (tertiary/aromatic N) is 3. The average molecular weight is 479 g/mol. The summed E-state index contributed by atoms with van der Waals surface area (Å²) in [5, 5.41) is 27.8. The van der Waals surface area contributed by atoms with Crippen molar-refractivity contribution >= 4 is 18.0 Å². The number of fused-ring (bicyclic) bond motifs is 3. The van der Waals surface area contributed by atoms with E-state index in [4.69, 9.17) is 9.84 Å². The molecule has 1 aliphatic carbocycles. The summed E-state index contributed by atoms with van der Waals surface area (Å²) >= 11 is 0. The van der Waals surface area contributed by atoms with E-state index in [1.807, 2.05) is 48.5 Å². The summed E-state index contributed by atoms with van der Waals surface area (Å²) in [5.74, 6) is -1.13. The molecule has 1 atom stereocenters. The molecule has 0 aliphatic heterocycles. The van der Waals surface area contributed by atoms with Crippen molar-refractivity contribution < 1.29 is 24.2 Å². The van der Waals surface area contributed by atoms with Gasteiger partial charge in [-0.15, -0.1) is 10.2 Å². The van der Waals surface area contributed by atoms with Crippen LogP contribution >= 0.6 is 0 Å². The van der Waals surface area contributed by atoms with E-state index in [0.29, 0.717) is 25.2 Å². The van der Waals surface area contributed by atoms with Gasteiger partial charge in [0.2, 0.25) is 5.91 Å². The van der Waals surface area contributed by atoms with Crippen LogP contribution in [0, 0.1) is 0 Å². The molecule has 1 aromatic heterocycles. The van der Waals surface area contributed by atoms with E-state index in [1.54, 1.807) is 0 Å². The number of aliphatic carboxylic acids is 1. The van der Waals surface area contributed by atoms with Crippen LogP contribution in [0.25, 0.3) is 11.1 Å². The molecule has 2 aromatic carbocycles. The van der Waals surface area contributed by atoms with Gasteiger partial charge in [-0.25, -0.2) is 4.79 Å². The third kappa shape index (κ3) is 5.99. The van der Waals surface area contributed by atoms with Gasteiger partial charge in [-0.05, 0) is 35.1 Å². The molecule has 1 unspecified atom stereocenters. The van der Waals surface area contributed by atoms with E-state index < -0.39 is 24.0 Å². The number of carboxylic acids is 1. The van der Waals surface area contributed by atoms with Crippen molar-refractivity contribution in [3.63, 3.8) is 0 Å². The molecule has 11 nitrogen and oxygen atoms in total. The Balaban J connectivity index is 1.32. The van der Waals surface area contributed by atoms with Crippen LogP contribution in [0.1, 0.15) is 42.1 Å². The van der Waals surface area contributed by atoms with E-state index in [1.165, 1.54) is 0 Å². The normalized spacial score (nSPS) is 12.9. The third-order valence-electron chi connectivity index (χ3n) is 5.86. The van der Waals surface area contributed by atoms with Crippen molar-refractivity contribution in [2.24, 2.45) is 0 Å². The molecule has 182 valence electrons. The lowest BCUT2D eigenvalue weighted by Crippen LogP contribution is -2.47. The first kappa shape index (κ1) is 23.9. The highest BCUT2D eigenvalue weighted by Gasteiger charge is 2.30. The number of carboxylic acid groups (broad SMARTS) is 1. The van der Waals surface area contributed by atoms with Gasteiger partial charge in [0.1, 0.15) is 12.6 Å². The summed E-state index contributed by atoms with van der Waals surface area (Å²) in [4.78, 5) is 36.2. The van der Waals surface area contributed by atoms with E-state index in [9.17, 15) is 14.4 Å². The van der Waals surface area contributed by atoms with E-state index >= 15 is 0 Å². The Morgan fingerprint density at radius 1 is 1.06 bits per heavy atom. The molecule has 0 spiro atoms. The van der Waals surface area contributed by atoms with Crippen LogP contribution in [0.3, 0.4) is 0 Å². The summed E-state index contributed by atoms with van der Waals surface area (Å²) in [6.45, 7) is 0.404. The molecular formula is C24H26N6O5. The van der Waals surface area contributed by atoms with Crippen LogP contribution in [0.2, 0.25) is 0 Å². The zero-order valence-corrected chi connectivity index (χ0v) is 18.9. The van der Waals surface area contributed by atoms with E-state index in [-0.39, 0.29) is 25.4 Å². The Bertz CT molecular complexity index is 1140. The van der Waals surface area contributed by atoms with Gasteiger partial charge in [-0.2, -0.15) is 5.21 Å². The molecule has 0 saturated carbocycles. The molecule has 1 aliphatic rings. The number of alkyl carbamates (subject to hydrolysis) is 1. The molecule has 0 radical (unpaired) electrons. The molecule has 0 fully saturated rings. The van der Waals surface area contributed by atoms with Crippen molar-refractivity contribution in [2.75, 3.05) is 13.2 Å². The minimum Gasteiger partial charge on any atom is -0.481 e. The number of tetrazole rings is 1. The Hall–Kier alpha value is -4.28. The Morgan fingerprint density at radius 3 is 2.37 bits per heavy atom. The zero-order valence-electron chi connectivity index (χ0n) is 18.9. The summed E-state index contributed by atoms with van der Waals surface area (Å²) in [6, 6.07) is 14.9. The first-order valence-electron chi connectivity index (χ1n) is 11.4. The van der Waals surface area contributed by atoms with Crippen molar-refractivity contribution in [1.29, 1.82) is 0 Å². The second-order valence-corrected chi connectivity index (χ2v) is 8.18. The predicted molar refractivity (Wildman–Crippen MR) is 124 cm³/mol. The van der Waals surface area contributed by atoms with Gasteiger partial charge < -0.3 is 20.5 Å². The van der Waals surface area contributed by atoms with Gasteiger partial charge in [0.05, 0.1) is 0 Å². The number of aromatic amines is 1. The fraction of sp³-hybridized carbons (Fsp3) is 0.333. The van der Waals surface area contributed by atoms with Crippen LogP contribution in [0.4, 0.5) is 4.79 Å². The highest BCUT2D eigenvalue weighted by Crippen LogP contribution is 2.44. The number of carbonyl (C=O) groups excluding carboxylic acids is 2. The maximum atomic E-state index is 12.6. The Kier molecular flexibility index (Phi) is 7.66. The number of hydrogen-bond donors (Lipinski definition) is 4. The Labute approximate surface area is 201 Å². The minimum atomic E-state index is -1.06. The molecule has 4 N–H and O–H groups in total. The number of hydrogen-bond acceptors (Lipinski definition) is 7. The number of nitrogens with one attached hydrogen (secondary N) is 3. The van der Waals surface area contributed by atoms with Gasteiger partial charge in [-0.3, -0.25) is 9.59 Å².